The van der Waals surface area contributed by atoms with E-state index in [1.807, 2.05) is 0 Å². The zero-order chi connectivity index (χ0) is 13.1. The molecule has 2 rings (SSSR count). The lowest BCUT2D eigenvalue weighted by atomic mass is 10.3. The lowest BCUT2D eigenvalue weighted by molar-refractivity contribution is 0.374. The highest BCUT2D eigenvalue weighted by Gasteiger charge is 2.12. The summed E-state index contributed by atoms with van der Waals surface area (Å²) < 4.78 is 23.7. The fraction of sp³-hybridized carbons (Fsp3) is 0.0833. The maximum atomic E-state index is 13.1. The van der Waals surface area contributed by atoms with Crippen molar-refractivity contribution in [1.82, 2.24) is 4.98 Å². The van der Waals surface area contributed by atoms with Crippen molar-refractivity contribution >= 4 is 17.4 Å². The highest BCUT2D eigenvalue weighted by Crippen LogP contribution is 2.34. The van der Waals surface area contributed by atoms with Crippen molar-refractivity contribution in [2.24, 2.45) is 0 Å². The number of hydrogen-bond acceptors (Lipinski definition) is 4. The molecule has 0 fully saturated rings. The first kappa shape index (κ1) is 12.4. The van der Waals surface area contributed by atoms with Crippen molar-refractivity contribution in [1.29, 1.82) is 0 Å². The summed E-state index contributed by atoms with van der Waals surface area (Å²) in [5, 5.41) is 0.0348. The van der Waals surface area contributed by atoms with Crippen LogP contribution in [0.3, 0.4) is 0 Å². The molecule has 1 aromatic heterocycles. The fourth-order valence-electron chi connectivity index (χ4n) is 1.34. The van der Waals surface area contributed by atoms with Crippen LogP contribution in [0.15, 0.2) is 30.3 Å². The number of methoxy groups -OCH3 is 1. The number of pyridine rings is 1. The fourth-order valence-corrected chi connectivity index (χ4v) is 1.52. The number of aromatic nitrogens is 1. The summed E-state index contributed by atoms with van der Waals surface area (Å²) in [5.74, 6) is -0.00425. The van der Waals surface area contributed by atoms with Gasteiger partial charge < -0.3 is 15.2 Å². The maximum absolute atomic E-state index is 13.1. The van der Waals surface area contributed by atoms with E-state index in [1.54, 1.807) is 24.3 Å². The van der Waals surface area contributed by atoms with Gasteiger partial charge in [-0.2, -0.15) is 4.98 Å². The van der Waals surface area contributed by atoms with E-state index in [4.69, 9.17) is 26.8 Å². The molecule has 0 unspecified atom stereocenters. The average Bonchev–Trinajstić information content (AvgIpc) is 2.36. The third-order valence-corrected chi connectivity index (χ3v) is 2.47. The molecule has 0 saturated carbocycles. The van der Waals surface area contributed by atoms with Crippen LogP contribution < -0.4 is 15.2 Å². The molecule has 1 heterocycles. The second-order valence-electron chi connectivity index (χ2n) is 3.40. The summed E-state index contributed by atoms with van der Waals surface area (Å²) in [5.41, 5.74) is 5.36. The van der Waals surface area contributed by atoms with Gasteiger partial charge in [-0.15, -0.1) is 0 Å². The number of nitrogens with zero attached hydrogens (tertiary/aromatic N) is 1. The molecule has 0 aliphatic carbocycles. The molecule has 0 spiro atoms. The number of anilines is 1. The standard InChI is InChI=1S/C12H10ClFN2O2/c1-17-9-4-2-3-5-10(9)18-12-7(13)6-8(14)11(15)16-12/h2-6H,1H3,(H2,15,16). The van der Waals surface area contributed by atoms with Gasteiger partial charge in [-0.3, -0.25) is 0 Å². The number of nitrogens with two attached hydrogens (primary N) is 1. The minimum atomic E-state index is -0.688. The molecule has 0 aliphatic rings. The van der Waals surface area contributed by atoms with E-state index >= 15 is 0 Å². The zero-order valence-electron chi connectivity index (χ0n) is 9.48. The Bertz CT molecular complexity index is 578. The number of ether oxygens (including phenoxy) is 2. The van der Waals surface area contributed by atoms with Crippen LogP contribution in [0.4, 0.5) is 10.2 Å². The zero-order valence-corrected chi connectivity index (χ0v) is 10.2. The van der Waals surface area contributed by atoms with Gasteiger partial charge >= 0.3 is 0 Å². The third kappa shape index (κ3) is 2.46. The molecular weight excluding hydrogens is 259 g/mol. The summed E-state index contributed by atoms with van der Waals surface area (Å²) in [4.78, 5) is 3.74. The van der Waals surface area contributed by atoms with E-state index in [0.717, 1.165) is 6.07 Å². The summed E-state index contributed by atoms with van der Waals surface area (Å²) in [6, 6.07) is 8.00. The molecule has 0 atom stereocenters. The van der Waals surface area contributed by atoms with Crippen molar-refractivity contribution in [3.05, 3.63) is 41.2 Å². The average molecular weight is 269 g/mol. The first-order valence-corrected chi connectivity index (χ1v) is 5.42. The Hall–Kier alpha value is -2.01. The molecule has 6 heteroatoms. The Kier molecular flexibility index (Phi) is 3.53. The number of hydrogen-bond donors (Lipinski definition) is 1. The predicted molar refractivity (Wildman–Crippen MR) is 66.7 cm³/mol. The van der Waals surface area contributed by atoms with Gasteiger partial charge in [-0.1, -0.05) is 23.7 Å². The van der Waals surface area contributed by atoms with Gasteiger partial charge in [0.1, 0.15) is 5.02 Å². The molecule has 94 valence electrons. The largest absolute Gasteiger partial charge is 0.493 e. The van der Waals surface area contributed by atoms with Crippen LogP contribution in [0.2, 0.25) is 5.02 Å². The summed E-state index contributed by atoms with van der Waals surface area (Å²) in [7, 11) is 1.51. The second-order valence-corrected chi connectivity index (χ2v) is 3.80. The lowest BCUT2D eigenvalue weighted by Crippen LogP contribution is -1.99. The van der Waals surface area contributed by atoms with Gasteiger partial charge in [0.05, 0.1) is 7.11 Å². The van der Waals surface area contributed by atoms with E-state index in [9.17, 15) is 4.39 Å². The number of para-hydroxylation sites is 2. The number of nitrogen functional groups attached to an aromatic ring is 1. The Balaban J connectivity index is 2.37. The van der Waals surface area contributed by atoms with Crippen LogP contribution in [0, 0.1) is 5.82 Å². The number of benzene rings is 1. The van der Waals surface area contributed by atoms with E-state index < -0.39 is 5.82 Å². The number of halogens is 2. The molecule has 1 aromatic carbocycles. The van der Waals surface area contributed by atoms with Crippen molar-refractivity contribution in [3.63, 3.8) is 0 Å². The molecule has 0 bridgehead atoms. The molecule has 0 amide bonds. The third-order valence-electron chi connectivity index (χ3n) is 2.20. The highest BCUT2D eigenvalue weighted by atomic mass is 35.5. The second kappa shape index (κ2) is 5.10. The van der Waals surface area contributed by atoms with Crippen LogP contribution in [0.1, 0.15) is 0 Å². The summed E-state index contributed by atoms with van der Waals surface area (Å²) >= 11 is 5.82. The number of rotatable bonds is 3. The predicted octanol–water partition coefficient (Wildman–Crippen LogP) is 3.26. The molecule has 4 nitrogen and oxygen atoms in total. The van der Waals surface area contributed by atoms with E-state index in [-0.39, 0.29) is 16.7 Å². The van der Waals surface area contributed by atoms with Crippen LogP contribution in [0.5, 0.6) is 17.4 Å². The van der Waals surface area contributed by atoms with Crippen molar-refractivity contribution < 1.29 is 13.9 Å². The molecule has 0 saturated heterocycles. The summed E-state index contributed by atoms with van der Waals surface area (Å²) in [6.45, 7) is 0. The molecule has 0 radical (unpaired) electrons. The quantitative estimate of drug-likeness (QED) is 0.928. The van der Waals surface area contributed by atoms with Crippen molar-refractivity contribution in [3.8, 4) is 17.4 Å². The molecule has 0 aliphatic heterocycles. The first-order chi connectivity index (χ1) is 8.61. The molecule has 18 heavy (non-hydrogen) atoms. The first-order valence-electron chi connectivity index (χ1n) is 5.04. The summed E-state index contributed by atoms with van der Waals surface area (Å²) in [6.07, 6.45) is 0. The Morgan fingerprint density at radius 3 is 2.61 bits per heavy atom. The van der Waals surface area contributed by atoms with Crippen molar-refractivity contribution in [2.75, 3.05) is 12.8 Å². The highest BCUT2D eigenvalue weighted by molar-refractivity contribution is 6.31. The van der Waals surface area contributed by atoms with E-state index in [1.165, 1.54) is 7.11 Å². The van der Waals surface area contributed by atoms with Crippen molar-refractivity contribution in [2.45, 2.75) is 0 Å². The van der Waals surface area contributed by atoms with Gasteiger partial charge in [0, 0.05) is 6.07 Å². The topological polar surface area (TPSA) is 57.4 Å². The Morgan fingerprint density at radius 2 is 1.94 bits per heavy atom. The normalized spacial score (nSPS) is 10.2. The molecule has 2 N–H and O–H groups in total. The Labute approximate surface area is 108 Å². The van der Waals surface area contributed by atoms with Crippen LogP contribution in [0.25, 0.3) is 0 Å². The van der Waals surface area contributed by atoms with Crippen LogP contribution in [-0.2, 0) is 0 Å². The van der Waals surface area contributed by atoms with E-state index in [0.29, 0.717) is 11.5 Å². The van der Waals surface area contributed by atoms with Gasteiger partial charge in [0.2, 0.25) is 5.88 Å². The lowest BCUT2D eigenvalue weighted by Gasteiger charge is -2.10. The molecular formula is C12H10ClFN2O2. The van der Waals surface area contributed by atoms with Gasteiger partial charge in [-0.25, -0.2) is 4.39 Å². The maximum Gasteiger partial charge on any atom is 0.240 e. The minimum absolute atomic E-state index is 0.0278. The minimum Gasteiger partial charge on any atom is -0.493 e. The SMILES string of the molecule is COc1ccccc1Oc1nc(N)c(F)cc1Cl. The van der Waals surface area contributed by atoms with E-state index in [2.05, 4.69) is 4.98 Å². The van der Waals surface area contributed by atoms with Gasteiger partial charge in [0.25, 0.3) is 0 Å². The van der Waals surface area contributed by atoms with Crippen LogP contribution in [-0.4, -0.2) is 12.1 Å². The van der Waals surface area contributed by atoms with Gasteiger partial charge in [0.15, 0.2) is 23.1 Å². The Morgan fingerprint density at radius 1 is 1.28 bits per heavy atom. The molecule has 2 aromatic rings. The van der Waals surface area contributed by atoms with Gasteiger partial charge in [-0.05, 0) is 12.1 Å². The monoisotopic (exact) mass is 268 g/mol. The van der Waals surface area contributed by atoms with Crippen LogP contribution >= 0.6 is 11.6 Å². The smallest absolute Gasteiger partial charge is 0.240 e.